The Morgan fingerprint density at radius 3 is 2.62 bits per heavy atom. The van der Waals surface area contributed by atoms with E-state index in [-0.39, 0.29) is 18.4 Å². The molecule has 0 unspecified atom stereocenters. The quantitative estimate of drug-likeness (QED) is 0.791. The topological polar surface area (TPSA) is 64.6 Å². The van der Waals surface area contributed by atoms with Gasteiger partial charge in [0.1, 0.15) is 10.8 Å². The summed E-state index contributed by atoms with van der Waals surface area (Å²) in [6.45, 7) is 6.11. The van der Waals surface area contributed by atoms with E-state index in [2.05, 4.69) is 5.32 Å². The first-order valence-electron chi connectivity index (χ1n) is 7.72. The van der Waals surface area contributed by atoms with Crippen molar-refractivity contribution in [1.29, 1.82) is 0 Å². The van der Waals surface area contributed by atoms with Gasteiger partial charge in [-0.15, -0.1) is 11.3 Å². The van der Waals surface area contributed by atoms with Crippen molar-refractivity contribution in [3.63, 3.8) is 0 Å². The van der Waals surface area contributed by atoms with Crippen LogP contribution in [0.5, 0.6) is 5.75 Å². The number of amides is 1. The van der Waals surface area contributed by atoms with Crippen LogP contribution in [0.4, 0.5) is 5.00 Å². The van der Waals surface area contributed by atoms with Gasteiger partial charge in [-0.05, 0) is 37.1 Å². The molecule has 1 aromatic heterocycles. The van der Waals surface area contributed by atoms with Gasteiger partial charge >= 0.3 is 5.97 Å². The molecule has 1 amide bonds. The summed E-state index contributed by atoms with van der Waals surface area (Å²) >= 11 is 1.39. The molecule has 1 heterocycles. The average Bonchev–Trinajstić information content (AvgIpc) is 2.99. The minimum absolute atomic E-state index is 0.255. The zero-order chi connectivity index (χ0) is 17.7. The second-order valence-electron chi connectivity index (χ2n) is 5.45. The number of nitrogens with one attached hydrogen (secondary N) is 1. The van der Waals surface area contributed by atoms with Crippen molar-refractivity contribution in [3.8, 4) is 5.75 Å². The Hall–Kier alpha value is -2.34. The van der Waals surface area contributed by atoms with Gasteiger partial charge in [-0.2, -0.15) is 0 Å². The number of rotatable bonds is 6. The van der Waals surface area contributed by atoms with E-state index in [0.717, 1.165) is 4.88 Å². The second kappa shape index (κ2) is 7.97. The van der Waals surface area contributed by atoms with Crippen LogP contribution in [0.3, 0.4) is 0 Å². The molecule has 0 atom stereocenters. The molecule has 0 aliphatic rings. The molecule has 1 N–H and O–H groups in total. The molecule has 0 aliphatic heterocycles. The number of carbonyl (C=O) groups excluding carboxylic acids is 2. The third-order valence-corrected chi connectivity index (χ3v) is 4.73. The van der Waals surface area contributed by atoms with Gasteiger partial charge in [-0.3, -0.25) is 4.79 Å². The van der Waals surface area contributed by atoms with E-state index in [1.54, 1.807) is 44.4 Å². The lowest BCUT2D eigenvalue weighted by Gasteiger charge is -2.07. The van der Waals surface area contributed by atoms with Crippen molar-refractivity contribution in [1.82, 2.24) is 0 Å². The van der Waals surface area contributed by atoms with Crippen LogP contribution < -0.4 is 10.1 Å². The smallest absolute Gasteiger partial charge is 0.341 e. The number of hydrogen-bond acceptors (Lipinski definition) is 5. The molecule has 0 saturated heterocycles. The Kier molecular flexibility index (Phi) is 5.98. The number of methoxy groups -OCH3 is 1. The molecule has 6 heteroatoms. The normalized spacial score (nSPS) is 10.5. The first-order chi connectivity index (χ1) is 11.5. The van der Waals surface area contributed by atoms with Gasteiger partial charge < -0.3 is 14.8 Å². The van der Waals surface area contributed by atoms with Crippen molar-refractivity contribution in [3.05, 3.63) is 46.3 Å². The fourth-order valence-electron chi connectivity index (χ4n) is 2.09. The second-order valence-corrected chi connectivity index (χ2v) is 6.54. The molecule has 0 aliphatic carbocycles. The predicted octanol–water partition coefficient (Wildman–Crippen LogP) is 4.31. The van der Waals surface area contributed by atoms with Crippen LogP contribution in [0.15, 0.2) is 30.3 Å². The average molecular weight is 347 g/mol. The van der Waals surface area contributed by atoms with Crippen LogP contribution in [0, 0.1) is 0 Å². The molecule has 2 aromatic rings. The minimum Gasteiger partial charge on any atom is -0.497 e. The maximum absolute atomic E-state index is 12.5. The zero-order valence-corrected chi connectivity index (χ0v) is 15.0. The monoisotopic (exact) mass is 347 g/mol. The number of carbonyl (C=O) groups is 2. The summed E-state index contributed by atoms with van der Waals surface area (Å²) in [5.74, 6) is 0.131. The number of thiophene rings is 1. The third-order valence-electron chi connectivity index (χ3n) is 3.37. The van der Waals surface area contributed by atoms with Gasteiger partial charge in [0.2, 0.25) is 0 Å². The van der Waals surface area contributed by atoms with E-state index in [9.17, 15) is 9.59 Å². The van der Waals surface area contributed by atoms with Crippen LogP contribution in [-0.2, 0) is 4.74 Å². The van der Waals surface area contributed by atoms with Gasteiger partial charge in [-0.1, -0.05) is 19.9 Å². The Bertz CT molecular complexity index is 736. The zero-order valence-electron chi connectivity index (χ0n) is 14.2. The lowest BCUT2D eigenvalue weighted by molar-refractivity contribution is 0.0528. The first kappa shape index (κ1) is 18.0. The fourth-order valence-corrected chi connectivity index (χ4v) is 3.13. The van der Waals surface area contributed by atoms with Crippen LogP contribution in [0.1, 0.15) is 52.3 Å². The molecule has 0 radical (unpaired) electrons. The Morgan fingerprint density at radius 2 is 2.00 bits per heavy atom. The Morgan fingerprint density at radius 1 is 1.25 bits per heavy atom. The van der Waals surface area contributed by atoms with Crippen molar-refractivity contribution in [2.24, 2.45) is 0 Å². The highest BCUT2D eigenvalue weighted by molar-refractivity contribution is 7.16. The van der Waals surface area contributed by atoms with Gasteiger partial charge in [0.15, 0.2) is 0 Å². The molecule has 5 nitrogen and oxygen atoms in total. The van der Waals surface area contributed by atoms with Crippen LogP contribution in [0.2, 0.25) is 0 Å². The highest BCUT2D eigenvalue weighted by atomic mass is 32.1. The maximum Gasteiger partial charge on any atom is 0.341 e. The molecule has 2 rings (SSSR count). The van der Waals surface area contributed by atoms with Crippen molar-refractivity contribution >= 4 is 28.2 Å². The van der Waals surface area contributed by atoms with Gasteiger partial charge in [0.05, 0.1) is 19.3 Å². The highest BCUT2D eigenvalue weighted by Crippen LogP contribution is 2.33. The Labute approximate surface area is 145 Å². The number of hydrogen-bond donors (Lipinski definition) is 1. The number of esters is 1. The molecule has 0 spiro atoms. The number of ether oxygens (including phenoxy) is 2. The first-order valence-corrected chi connectivity index (χ1v) is 8.54. The van der Waals surface area contributed by atoms with Crippen LogP contribution >= 0.6 is 11.3 Å². The minimum atomic E-state index is -0.429. The van der Waals surface area contributed by atoms with Gasteiger partial charge in [0, 0.05) is 10.4 Å². The molecule has 24 heavy (non-hydrogen) atoms. The molecular weight excluding hydrogens is 326 g/mol. The standard InChI is InChI=1S/C18H21NO4S/c1-5-23-18(21)14-10-15(11(2)3)24-17(14)19-16(20)12-7-6-8-13(9-12)22-4/h6-11H,5H2,1-4H3,(H,19,20). The van der Waals surface area contributed by atoms with Crippen molar-refractivity contribution < 1.29 is 19.1 Å². The highest BCUT2D eigenvalue weighted by Gasteiger charge is 2.20. The van der Waals surface area contributed by atoms with E-state index in [0.29, 0.717) is 21.9 Å². The lowest BCUT2D eigenvalue weighted by atomic mass is 10.1. The molecule has 0 saturated carbocycles. The molecule has 0 fully saturated rings. The van der Waals surface area contributed by atoms with Crippen LogP contribution in [-0.4, -0.2) is 25.6 Å². The van der Waals surface area contributed by atoms with Crippen LogP contribution in [0.25, 0.3) is 0 Å². The van der Waals surface area contributed by atoms with E-state index < -0.39 is 5.97 Å². The summed E-state index contributed by atoms with van der Waals surface area (Å²) in [4.78, 5) is 25.6. The summed E-state index contributed by atoms with van der Waals surface area (Å²) in [7, 11) is 1.55. The summed E-state index contributed by atoms with van der Waals surface area (Å²) in [5, 5.41) is 3.32. The predicted molar refractivity (Wildman–Crippen MR) is 95.3 cm³/mol. The van der Waals surface area contributed by atoms with E-state index in [1.807, 2.05) is 13.8 Å². The molecule has 0 bridgehead atoms. The largest absolute Gasteiger partial charge is 0.497 e. The SMILES string of the molecule is CCOC(=O)c1cc(C(C)C)sc1NC(=O)c1cccc(OC)c1. The summed E-state index contributed by atoms with van der Waals surface area (Å²) in [6.07, 6.45) is 0. The number of benzene rings is 1. The summed E-state index contributed by atoms with van der Waals surface area (Å²) < 4.78 is 10.2. The Balaban J connectivity index is 2.29. The molecule has 128 valence electrons. The van der Waals surface area contributed by atoms with Crippen molar-refractivity contribution in [2.75, 3.05) is 19.0 Å². The van der Waals surface area contributed by atoms with Gasteiger partial charge in [-0.25, -0.2) is 4.79 Å². The van der Waals surface area contributed by atoms with E-state index >= 15 is 0 Å². The maximum atomic E-state index is 12.5. The lowest BCUT2D eigenvalue weighted by Crippen LogP contribution is -2.14. The number of anilines is 1. The van der Waals surface area contributed by atoms with E-state index in [1.165, 1.54) is 11.3 Å². The fraction of sp³-hybridized carbons (Fsp3) is 0.333. The summed E-state index contributed by atoms with van der Waals surface area (Å²) in [5.41, 5.74) is 0.852. The summed E-state index contributed by atoms with van der Waals surface area (Å²) in [6, 6.07) is 8.64. The van der Waals surface area contributed by atoms with Crippen molar-refractivity contribution in [2.45, 2.75) is 26.7 Å². The molecular formula is C18H21NO4S. The van der Waals surface area contributed by atoms with Gasteiger partial charge in [0.25, 0.3) is 5.91 Å². The third kappa shape index (κ3) is 4.14. The molecule has 1 aromatic carbocycles. The van der Waals surface area contributed by atoms with E-state index in [4.69, 9.17) is 9.47 Å².